The van der Waals surface area contributed by atoms with Crippen LogP contribution < -0.4 is 10.1 Å². The standard InChI is InChI=1S/C17H26N2O2/c1-3-14-12-15(8-9-16(14)21-4-2)18-17(20)13-19-10-6-5-7-11-19/h8-9,12H,3-7,10-11,13H2,1-2H3,(H,18,20). The molecule has 4 heteroatoms. The third-order valence-corrected chi connectivity index (χ3v) is 3.84. The van der Waals surface area contributed by atoms with Crippen molar-refractivity contribution >= 4 is 11.6 Å². The van der Waals surface area contributed by atoms with Gasteiger partial charge >= 0.3 is 0 Å². The van der Waals surface area contributed by atoms with E-state index >= 15 is 0 Å². The number of carbonyl (C=O) groups is 1. The normalized spacial score (nSPS) is 15.7. The summed E-state index contributed by atoms with van der Waals surface area (Å²) in [6.07, 6.45) is 4.59. The highest BCUT2D eigenvalue weighted by molar-refractivity contribution is 5.92. The molecule has 1 heterocycles. The third-order valence-electron chi connectivity index (χ3n) is 3.84. The summed E-state index contributed by atoms with van der Waals surface area (Å²) >= 11 is 0. The van der Waals surface area contributed by atoms with E-state index in [1.165, 1.54) is 19.3 Å². The van der Waals surface area contributed by atoms with Crippen molar-refractivity contribution < 1.29 is 9.53 Å². The Bertz CT molecular complexity index is 468. The second-order valence-corrected chi connectivity index (χ2v) is 5.49. The van der Waals surface area contributed by atoms with Crippen molar-refractivity contribution in [3.63, 3.8) is 0 Å². The van der Waals surface area contributed by atoms with Gasteiger partial charge in [0.25, 0.3) is 0 Å². The summed E-state index contributed by atoms with van der Waals surface area (Å²) < 4.78 is 5.59. The lowest BCUT2D eigenvalue weighted by molar-refractivity contribution is -0.117. The van der Waals surface area contributed by atoms with E-state index in [1.54, 1.807) is 0 Å². The van der Waals surface area contributed by atoms with Crippen molar-refractivity contribution in [2.45, 2.75) is 39.5 Å². The van der Waals surface area contributed by atoms with E-state index in [2.05, 4.69) is 17.1 Å². The smallest absolute Gasteiger partial charge is 0.238 e. The maximum absolute atomic E-state index is 12.1. The first-order valence-electron chi connectivity index (χ1n) is 8.00. The molecule has 116 valence electrons. The van der Waals surface area contributed by atoms with Crippen LogP contribution in [-0.2, 0) is 11.2 Å². The van der Waals surface area contributed by atoms with E-state index in [4.69, 9.17) is 4.74 Å². The zero-order valence-electron chi connectivity index (χ0n) is 13.2. The molecule has 1 saturated heterocycles. The Morgan fingerprint density at radius 2 is 2.00 bits per heavy atom. The Labute approximate surface area is 127 Å². The molecule has 2 rings (SSSR count). The number of aryl methyl sites for hydroxylation is 1. The second kappa shape index (κ2) is 8.03. The number of anilines is 1. The number of hydrogen-bond donors (Lipinski definition) is 1. The highest BCUT2D eigenvalue weighted by atomic mass is 16.5. The Kier molecular flexibility index (Phi) is 6.05. The number of benzene rings is 1. The molecule has 0 aromatic heterocycles. The van der Waals surface area contributed by atoms with Crippen LogP contribution in [0.15, 0.2) is 18.2 Å². The van der Waals surface area contributed by atoms with E-state index in [9.17, 15) is 4.79 Å². The molecule has 1 aliphatic rings. The number of amides is 1. The van der Waals surface area contributed by atoms with Gasteiger partial charge in [0.15, 0.2) is 0 Å². The lowest BCUT2D eigenvalue weighted by Crippen LogP contribution is -2.36. The van der Waals surface area contributed by atoms with Gasteiger partial charge in [-0.15, -0.1) is 0 Å². The van der Waals surface area contributed by atoms with Crippen molar-refractivity contribution in [3.8, 4) is 5.75 Å². The molecule has 1 fully saturated rings. The SMILES string of the molecule is CCOc1ccc(NC(=O)CN2CCCCC2)cc1CC. The van der Waals surface area contributed by atoms with Crippen LogP contribution in [0.5, 0.6) is 5.75 Å². The minimum atomic E-state index is 0.0723. The van der Waals surface area contributed by atoms with Crippen LogP contribution >= 0.6 is 0 Å². The second-order valence-electron chi connectivity index (χ2n) is 5.49. The molecule has 1 aromatic carbocycles. The highest BCUT2D eigenvalue weighted by Crippen LogP contribution is 2.23. The molecular weight excluding hydrogens is 264 g/mol. The van der Waals surface area contributed by atoms with Gasteiger partial charge in [-0.1, -0.05) is 13.3 Å². The van der Waals surface area contributed by atoms with Gasteiger partial charge in [-0.05, 0) is 63.0 Å². The summed E-state index contributed by atoms with van der Waals surface area (Å²) in [4.78, 5) is 14.3. The number of ether oxygens (including phenoxy) is 1. The molecule has 0 unspecified atom stereocenters. The topological polar surface area (TPSA) is 41.6 Å². The van der Waals surface area contributed by atoms with Crippen molar-refractivity contribution in [1.82, 2.24) is 4.90 Å². The highest BCUT2D eigenvalue weighted by Gasteiger charge is 2.14. The van der Waals surface area contributed by atoms with Gasteiger partial charge in [0.1, 0.15) is 5.75 Å². The number of nitrogens with zero attached hydrogens (tertiary/aromatic N) is 1. The Hall–Kier alpha value is -1.55. The fourth-order valence-electron chi connectivity index (χ4n) is 2.75. The number of carbonyl (C=O) groups excluding carboxylic acids is 1. The van der Waals surface area contributed by atoms with Crippen molar-refractivity contribution in [2.24, 2.45) is 0 Å². The Morgan fingerprint density at radius 1 is 1.24 bits per heavy atom. The van der Waals surface area contributed by atoms with Gasteiger partial charge in [-0.3, -0.25) is 9.69 Å². The average Bonchev–Trinajstić information content (AvgIpc) is 2.50. The fourth-order valence-corrected chi connectivity index (χ4v) is 2.75. The molecule has 1 aromatic rings. The molecule has 0 radical (unpaired) electrons. The van der Waals surface area contributed by atoms with Gasteiger partial charge in [0, 0.05) is 5.69 Å². The quantitative estimate of drug-likeness (QED) is 0.875. The maximum Gasteiger partial charge on any atom is 0.238 e. The molecule has 1 amide bonds. The molecule has 0 atom stereocenters. The first kappa shape index (κ1) is 15.8. The minimum absolute atomic E-state index is 0.0723. The molecule has 1 N–H and O–H groups in total. The molecule has 21 heavy (non-hydrogen) atoms. The van der Waals surface area contributed by atoms with E-state index in [-0.39, 0.29) is 5.91 Å². The fraction of sp³-hybridized carbons (Fsp3) is 0.588. The van der Waals surface area contributed by atoms with Crippen molar-refractivity contribution in [1.29, 1.82) is 0 Å². The molecule has 1 aliphatic heterocycles. The van der Waals surface area contributed by atoms with Crippen LogP contribution in [0.4, 0.5) is 5.69 Å². The summed E-state index contributed by atoms with van der Waals surface area (Å²) in [5.74, 6) is 0.983. The Balaban J connectivity index is 1.93. The first-order chi connectivity index (χ1) is 10.2. The van der Waals surface area contributed by atoms with Gasteiger partial charge in [-0.2, -0.15) is 0 Å². The molecular formula is C17H26N2O2. The summed E-state index contributed by atoms with van der Waals surface area (Å²) in [5.41, 5.74) is 1.99. The van der Waals surface area contributed by atoms with Gasteiger partial charge in [-0.25, -0.2) is 0 Å². The largest absolute Gasteiger partial charge is 0.494 e. The van der Waals surface area contributed by atoms with Gasteiger partial charge in [0.2, 0.25) is 5.91 Å². The zero-order chi connectivity index (χ0) is 15.1. The Morgan fingerprint density at radius 3 is 2.67 bits per heavy atom. The van der Waals surface area contributed by atoms with Crippen LogP contribution in [0.3, 0.4) is 0 Å². The summed E-state index contributed by atoms with van der Waals surface area (Å²) in [6, 6.07) is 5.87. The molecule has 0 spiro atoms. The zero-order valence-corrected chi connectivity index (χ0v) is 13.2. The minimum Gasteiger partial charge on any atom is -0.494 e. The van der Waals surface area contributed by atoms with E-state index < -0.39 is 0 Å². The summed E-state index contributed by atoms with van der Waals surface area (Å²) in [7, 11) is 0. The van der Waals surface area contributed by atoms with Crippen LogP contribution in [0.1, 0.15) is 38.7 Å². The lowest BCUT2D eigenvalue weighted by Gasteiger charge is -2.25. The van der Waals surface area contributed by atoms with E-state index in [1.807, 2.05) is 25.1 Å². The number of nitrogens with one attached hydrogen (secondary N) is 1. The van der Waals surface area contributed by atoms with Crippen molar-refractivity contribution in [2.75, 3.05) is 31.6 Å². The molecule has 0 bridgehead atoms. The van der Waals surface area contributed by atoms with Crippen LogP contribution in [0.2, 0.25) is 0 Å². The van der Waals surface area contributed by atoms with Crippen LogP contribution in [-0.4, -0.2) is 37.0 Å². The predicted octanol–water partition coefficient (Wildman–Crippen LogP) is 3.07. The summed E-state index contributed by atoms with van der Waals surface area (Å²) in [5, 5.41) is 3.00. The lowest BCUT2D eigenvalue weighted by atomic mass is 10.1. The predicted molar refractivity (Wildman–Crippen MR) is 85.9 cm³/mol. The number of piperidine rings is 1. The monoisotopic (exact) mass is 290 g/mol. The van der Waals surface area contributed by atoms with E-state index in [0.29, 0.717) is 13.2 Å². The maximum atomic E-state index is 12.1. The van der Waals surface area contributed by atoms with Gasteiger partial charge < -0.3 is 10.1 Å². The average molecular weight is 290 g/mol. The third kappa shape index (κ3) is 4.74. The number of rotatable bonds is 6. The first-order valence-corrected chi connectivity index (χ1v) is 8.00. The summed E-state index contributed by atoms with van der Waals surface area (Å²) in [6.45, 7) is 7.31. The molecule has 0 aliphatic carbocycles. The van der Waals surface area contributed by atoms with Crippen molar-refractivity contribution in [3.05, 3.63) is 23.8 Å². The van der Waals surface area contributed by atoms with Crippen LogP contribution in [0.25, 0.3) is 0 Å². The number of likely N-dealkylation sites (tertiary alicyclic amines) is 1. The van der Waals surface area contributed by atoms with E-state index in [0.717, 1.165) is 36.5 Å². The molecule has 0 saturated carbocycles. The van der Waals surface area contributed by atoms with Gasteiger partial charge in [0.05, 0.1) is 13.2 Å². The molecule has 4 nitrogen and oxygen atoms in total. The number of hydrogen-bond acceptors (Lipinski definition) is 3. The van der Waals surface area contributed by atoms with Crippen LogP contribution in [0, 0.1) is 0 Å².